The highest BCUT2D eigenvalue weighted by atomic mass is 127. The molecule has 18 heavy (non-hydrogen) atoms. The zero-order chi connectivity index (χ0) is 13.7. The number of nitrogens with zero attached hydrogens (tertiary/aromatic N) is 1. The van der Waals surface area contributed by atoms with E-state index in [-0.39, 0.29) is 30.5 Å². The molecule has 0 aliphatic carbocycles. The molecule has 98 valence electrons. The summed E-state index contributed by atoms with van der Waals surface area (Å²) in [6, 6.07) is 4.70. The van der Waals surface area contributed by atoms with Gasteiger partial charge in [-0.25, -0.2) is 0 Å². The second kappa shape index (κ2) is 6.58. The van der Waals surface area contributed by atoms with Crippen molar-refractivity contribution in [3.63, 3.8) is 0 Å². The van der Waals surface area contributed by atoms with E-state index in [2.05, 4.69) is 5.32 Å². The minimum absolute atomic E-state index is 0.0410. The van der Waals surface area contributed by atoms with Gasteiger partial charge in [-0.05, 0) is 40.8 Å². The van der Waals surface area contributed by atoms with Gasteiger partial charge in [0, 0.05) is 32.6 Å². The Hall–Kier alpha value is -1.31. The van der Waals surface area contributed by atoms with Crippen LogP contribution in [-0.2, 0) is 4.79 Å². The zero-order valence-corrected chi connectivity index (χ0v) is 12.4. The first-order chi connectivity index (χ1) is 8.41. The number of carbonyl (C=O) groups is 2. The van der Waals surface area contributed by atoms with Crippen molar-refractivity contribution in [1.82, 2.24) is 10.2 Å². The molecular formula is C12H15IN2O3. The maximum atomic E-state index is 11.7. The number of halogens is 1. The second-order valence-corrected chi connectivity index (χ2v) is 5.12. The number of aromatic hydroxyl groups is 1. The maximum absolute atomic E-state index is 11.7. The van der Waals surface area contributed by atoms with Crippen LogP contribution in [0.5, 0.6) is 5.75 Å². The summed E-state index contributed by atoms with van der Waals surface area (Å²) in [4.78, 5) is 24.5. The molecule has 0 unspecified atom stereocenters. The molecule has 0 heterocycles. The standard InChI is InChI=1S/C12H15IN2O3/c1-15(2)11(17)5-6-14-12(18)8-3-4-9(13)10(16)7-8/h3-4,7,16H,5-6H2,1-2H3,(H,14,18). The topological polar surface area (TPSA) is 69.6 Å². The fourth-order valence-corrected chi connectivity index (χ4v) is 1.60. The smallest absolute Gasteiger partial charge is 0.251 e. The third-order valence-electron chi connectivity index (χ3n) is 2.33. The van der Waals surface area contributed by atoms with Gasteiger partial charge < -0.3 is 15.3 Å². The van der Waals surface area contributed by atoms with Gasteiger partial charge in [-0.2, -0.15) is 0 Å². The second-order valence-electron chi connectivity index (χ2n) is 3.96. The summed E-state index contributed by atoms with van der Waals surface area (Å²) < 4.78 is 0.687. The van der Waals surface area contributed by atoms with Gasteiger partial charge in [0.15, 0.2) is 0 Å². The van der Waals surface area contributed by atoms with Crippen molar-refractivity contribution in [2.45, 2.75) is 6.42 Å². The Labute approximate surface area is 119 Å². The molecule has 1 rings (SSSR count). The van der Waals surface area contributed by atoms with Gasteiger partial charge in [0.2, 0.25) is 5.91 Å². The fraction of sp³-hybridized carbons (Fsp3) is 0.333. The van der Waals surface area contributed by atoms with E-state index in [1.807, 2.05) is 22.6 Å². The van der Waals surface area contributed by atoms with E-state index in [9.17, 15) is 14.7 Å². The number of phenols is 1. The molecule has 0 atom stereocenters. The Bertz CT molecular complexity index is 461. The number of rotatable bonds is 4. The number of carbonyl (C=O) groups excluding carboxylic acids is 2. The quantitative estimate of drug-likeness (QED) is 0.791. The van der Waals surface area contributed by atoms with Crippen LogP contribution in [0.4, 0.5) is 0 Å². The van der Waals surface area contributed by atoms with E-state index in [1.165, 1.54) is 11.0 Å². The van der Waals surface area contributed by atoms with Crippen LogP contribution >= 0.6 is 22.6 Å². The summed E-state index contributed by atoms with van der Waals surface area (Å²) in [6.45, 7) is 0.280. The van der Waals surface area contributed by atoms with E-state index in [4.69, 9.17) is 0 Å². The van der Waals surface area contributed by atoms with Crippen LogP contribution in [0, 0.1) is 3.57 Å². The summed E-state index contributed by atoms with van der Waals surface area (Å²) in [6.07, 6.45) is 0.259. The molecule has 0 radical (unpaired) electrons. The summed E-state index contributed by atoms with van der Waals surface area (Å²) in [5.74, 6) is -0.262. The third-order valence-corrected chi connectivity index (χ3v) is 3.24. The molecule has 0 aliphatic rings. The van der Waals surface area contributed by atoms with Gasteiger partial charge in [-0.1, -0.05) is 0 Å². The molecule has 0 aliphatic heterocycles. The molecule has 0 spiro atoms. The van der Waals surface area contributed by atoms with E-state index in [0.29, 0.717) is 9.13 Å². The van der Waals surface area contributed by atoms with Gasteiger partial charge in [-0.15, -0.1) is 0 Å². The van der Waals surface area contributed by atoms with Crippen LogP contribution in [-0.4, -0.2) is 42.5 Å². The molecule has 1 aromatic carbocycles. The molecule has 0 bridgehead atoms. The maximum Gasteiger partial charge on any atom is 0.251 e. The fourth-order valence-electron chi connectivity index (χ4n) is 1.26. The lowest BCUT2D eigenvalue weighted by molar-refractivity contribution is -0.128. The predicted octanol–water partition coefficient (Wildman–Crippen LogP) is 1.20. The van der Waals surface area contributed by atoms with Crippen molar-refractivity contribution in [2.24, 2.45) is 0 Å². The van der Waals surface area contributed by atoms with Crippen LogP contribution < -0.4 is 5.32 Å². The Kier molecular flexibility index (Phi) is 5.39. The molecule has 0 saturated heterocycles. The number of hydrogen-bond donors (Lipinski definition) is 2. The van der Waals surface area contributed by atoms with Crippen LogP contribution in [0.3, 0.4) is 0 Å². The lowest BCUT2D eigenvalue weighted by Crippen LogP contribution is -2.30. The summed E-state index contributed by atoms with van der Waals surface area (Å²) in [5, 5.41) is 12.1. The van der Waals surface area contributed by atoms with Gasteiger partial charge in [0.25, 0.3) is 5.91 Å². The molecule has 6 heteroatoms. The highest BCUT2D eigenvalue weighted by Gasteiger charge is 2.09. The highest BCUT2D eigenvalue weighted by Crippen LogP contribution is 2.20. The first-order valence-corrected chi connectivity index (χ1v) is 6.46. The average Bonchev–Trinajstić information content (AvgIpc) is 2.32. The Morgan fingerprint density at radius 2 is 2.06 bits per heavy atom. The molecule has 2 N–H and O–H groups in total. The molecule has 5 nitrogen and oxygen atoms in total. The molecule has 0 fully saturated rings. The summed E-state index contributed by atoms with van der Waals surface area (Å²) in [5.41, 5.74) is 0.380. The minimum Gasteiger partial charge on any atom is -0.507 e. The highest BCUT2D eigenvalue weighted by molar-refractivity contribution is 14.1. The molecule has 2 amide bonds. The summed E-state index contributed by atoms with van der Waals surface area (Å²) in [7, 11) is 3.34. The lowest BCUT2D eigenvalue weighted by atomic mass is 10.2. The normalized spacial score (nSPS) is 9.94. The Morgan fingerprint density at radius 3 is 2.61 bits per heavy atom. The van der Waals surface area contributed by atoms with E-state index < -0.39 is 0 Å². The number of amides is 2. The van der Waals surface area contributed by atoms with E-state index in [0.717, 1.165) is 0 Å². The first kappa shape index (κ1) is 14.7. The van der Waals surface area contributed by atoms with Crippen LogP contribution in [0.25, 0.3) is 0 Å². The molecule has 1 aromatic rings. The van der Waals surface area contributed by atoms with Crippen molar-refractivity contribution in [1.29, 1.82) is 0 Å². The van der Waals surface area contributed by atoms with Gasteiger partial charge in [0.1, 0.15) is 5.75 Å². The lowest BCUT2D eigenvalue weighted by Gasteiger charge is -2.10. The van der Waals surface area contributed by atoms with Crippen LogP contribution in [0.2, 0.25) is 0 Å². The molecule has 0 aromatic heterocycles. The van der Waals surface area contributed by atoms with Crippen molar-refractivity contribution < 1.29 is 14.7 Å². The molecular weight excluding hydrogens is 347 g/mol. The number of phenolic OH excluding ortho intramolecular Hbond substituents is 1. The zero-order valence-electron chi connectivity index (χ0n) is 10.2. The summed E-state index contributed by atoms with van der Waals surface area (Å²) >= 11 is 1.98. The van der Waals surface area contributed by atoms with E-state index in [1.54, 1.807) is 26.2 Å². The van der Waals surface area contributed by atoms with Crippen LogP contribution in [0.1, 0.15) is 16.8 Å². The first-order valence-electron chi connectivity index (χ1n) is 5.38. The monoisotopic (exact) mass is 362 g/mol. The van der Waals surface area contributed by atoms with E-state index >= 15 is 0 Å². The van der Waals surface area contributed by atoms with Crippen molar-refractivity contribution >= 4 is 34.4 Å². The van der Waals surface area contributed by atoms with Crippen molar-refractivity contribution in [3.05, 3.63) is 27.3 Å². The van der Waals surface area contributed by atoms with Gasteiger partial charge >= 0.3 is 0 Å². The minimum atomic E-state index is -0.298. The number of benzene rings is 1. The predicted molar refractivity (Wildman–Crippen MR) is 76.5 cm³/mol. The van der Waals surface area contributed by atoms with Gasteiger partial charge in [-0.3, -0.25) is 9.59 Å². The van der Waals surface area contributed by atoms with Crippen molar-refractivity contribution in [2.75, 3.05) is 20.6 Å². The Morgan fingerprint density at radius 1 is 1.39 bits per heavy atom. The van der Waals surface area contributed by atoms with Crippen LogP contribution in [0.15, 0.2) is 18.2 Å². The van der Waals surface area contributed by atoms with Gasteiger partial charge in [0.05, 0.1) is 3.57 Å². The SMILES string of the molecule is CN(C)C(=O)CCNC(=O)c1ccc(I)c(O)c1. The third kappa shape index (κ3) is 4.17. The Balaban J connectivity index is 2.50. The number of nitrogens with one attached hydrogen (secondary N) is 1. The molecule has 0 saturated carbocycles. The number of hydrogen-bond acceptors (Lipinski definition) is 3. The largest absolute Gasteiger partial charge is 0.507 e. The van der Waals surface area contributed by atoms with Crippen molar-refractivity contribution in [3.8, 4) is 5.75 Å². The average molecular weight is 362 g/mol.